The summed E-state index contributed by atoms with van der Waals surface area (Å²) < 4.78 is 7.57. The Morgan fingerprint density at radius 2 is 2.09 bits per heavy atom. The van der Waals surface area contributed by atoms with Crippen LogP contribution in [0.2, 0.25) is 0 Å². The van der Waals surface area contributed by atoms with Crippen molar-refractivity contribution in [1.29, 1.82) is 0 Å². The molecule has 1 aliphatic rings. The highest BCUT2D eigenvalue weighted by Gasteiger charge is 2.23. The molecule has 5 nitrogen and oxygen atoms in total. The Balaban J connectivity index is 1.76. The van der Waals surface area contributed by atoms with Crippen molar-refractivity contribution in [2.24, 2.45) is 5.92 Å². The maximum absolute atomic E-state index is 5.25. The zero-order chi connectivity index (χ0) is 16.2. The van der Waals surface area contributed by atoms with Crippen molar-refractivity contribution < 1.29 is 4.74 Å². The van der Waals surface area contributed by atoms with E-state index in [2.05, 4.69) is 34.4 Å². The third-order valence-corrected chi connectivity index (χ3v) is 4.93. The molecule has 0 N–H and O–H groups in total. The molecule has 0 amide bonds. The van der Waals surface area contributed by atoms with Gasteiger partial charge in [-0.1, -0.05) is 0 Å². The fourth-order valence-electron chi connectivity index (χ4n) is 3.49. The molecule has 0 unspecified atom stereocenters. The van der Waals surface area contributed by atoms with Crippen molar-refractivity contribution in [3.63, 3.8) is 0 Å². The number of likely N-dealkylation sites (tertiary alicyclic amines) is 1. The van der Waals surface area contributed by atoms with E-state index in [1.807, 2.05) is 12.3 Å². The minimum absolute atomic E-state index is 0.656. The van der Waals surface area contributed by atoms with Crippen molar-refractivity contribution in [2.45, 2.75) is 45.7 Å². The van der Waals surface area contributed by atoms with Crippen LogP contribution < -0.4 is 0 Å². The van der Waals surface area contributed by atoms with Crippen molar-refractivity contribution in [3.8, 4) is 0 Å². The van der Waals surface area contributed by atoms with Gasteiger partial charge in [0.05, 0.1) is 6.61 Å². The fourth-order valence-corrected chi connectivity index (χ4v) is 3.49. The second-order valence-electron chi connectivity index (χ2n) is 6.80. The molecule has 0 spiro atoms. The molecule has 1 fully saturated rings. The normalized spacial score (nSPS) is 17.4. The van der Waals surface area contributed by atoms with Crippen LogP contribution in [0.15, 0.2) is 18.3 Å². The Morgan fingerprint density at radius 1 is 1.30 bits per heavy atom. The topological polar surface area (TPSA) is 43.2 Å². The third kappa shape index (κ3) is 3.72. The zero-order valence-corrected chi connectivity index (χ0v) is 14.5. The number of imidazole rings is 1. The Morgan fingerprint density at radius 3 is 2.78 bits per heavy atom. The van der Waals surface area contributed by atoms with Gasteiger partial charge in [-0.2, -0.15) is 0 Å². The smallest absolute Gasteiger partial charge is 0.159 e. The van der Waals surface area contributed by atoms with E-state index in [1.54, 1.807) is 7.11 Å². The summed E-state index contributed by atoms with van der Waals surface area (Å²) >= 11 is 0. The van der Waals surface area contributed by atoms with Gasteiger partial charge in [0.1, 0.15) is 11.3 Å². The predicted octanol–water partition coefficient (Wildman–Crippen LogP) is 2.74. The van der Waals surface area contributed by atoms with E-state index >= 15 is 0 Å². The SMILES string of the molecule is COCCc1nc2cccnc2n1CC1CCN(C(C)C)CC1. The molecule has 0 atom stereocenters. The van der Waals surface area contributed by atoms with Crippen molar-refractivity contribution in [3.05, 3.63) is 24.2 Å². The first-order chi connectivity index (χ1) is 11.2. The minimum Gasteiger partial charge on any atom is -0.384 e. The number of aromatic nitrogens is 3. The molecule has 23 heavy (non-hydrogen) atoms. The number of fused-ring (bicyclic) bond motifs is 1. The number of nitrogens with zero attached hydrogens (tertiary/aromatic N) is 4. The number of methoxy groups -OCH3 is 1. The number of hydrogen-bond donors (Lipinski definition) is 0. The first-order valence-electron chi connectivity index (χ1n) is 8.72. The average molecular weight is 316 g/mol. The predicted molar refractivity (Wildman–Crippen MR) is 92.5 cm³/mol. The van der Waals surface area contributed by atoms with E-state index in [4.69, 9.17) is 9.72 Å². The minimum atomic E-state index is 0.656. The lowest BCUT2D eigenvalue weighted by atomic mass is 9.96. The molecular formula is C18H28N4O. The summed E-state index contributed by atoms with van der Waals surface area (Å²) in [5.41, 5.74) is 2.02. The van der Waals surface area contributed by atoms with Gasteiger partial charge in [0, 0.05) is 32.3 Å². The quantitative estimate of drug-likeness (QED) is 0.822. The standard InChI is InChI=1S/C18H28N4O/c1-14(2)21-10-6-15(7-11-21)13-22-17(8-12-23-3)20-16-5-4-9-19-18(16)22/h4-5,9,14-15H,6-8,10-13H2,1-3H3. The van der Waals surface area contributed by atoms with Crippen molar-refractivity contribution in [2.75, 3.05) is 26.8 Å². The second kappa shape index (κ2) is 7.41. The number of rotatable bonds is 6. The summed E-state index contributed by atoms with van der Waals surface area (Å²) in [6, 6.07) is 4.67. The Hall–Kier alpha value is -1.46. The van der Waals surface area contributed by atoms with Crippen LogP contribution in [0.25, 0.3) is 11.2 Å². The second-order valence-corrected chi connectivity index (χ2v) is 6.80. The van der Waals surface area contributed by atoms with E-state index < -0.39 is 0 Å². The highest BCUT2D eigenvalue weighted by Crippen LogP contribution is 2.23. The van der Waals surface area contributed by atoms with E-state index in [-0.39, 0.29) is 0 Å². The molecular weight excluding hydrogens is 288 g/mol. The van der Waals surface area contributed by atoms with Crippen LogP contribution >= 0.6 is 0 Å². The summed E-state index contributed by atoms with van der Waals surface area (Å²) in [7, 11) is 1.74. The molecule has 0 aromatic carbocycles. The first kappa shape index (κ1) is 16.4. The molecule has 2 aromatic rings. The van der Waals surface area contributed by atoms with Gasteiger partial charge in [0.25, 0.3) is 0 Å². The van der Waals surface area contributed by atoms with Crippen LogP contribution in [0.4, 0.5) is 0 Å². The molecule has 2 aromatic heterocycles. The monoisotopic (exact) mass is 316 g/mol. The summed E-state index contributed by atoms with van der Waals surface area (Å²) in [4.78, 5) is 11.9. The molecule has 0 aliphatic carbocycles. The lowest BCUT2D eigenvalue weighted by Crippen LogP contribution is -2.39. The van der Waals surface area contributed by atoms with Gasteiger partial charge in [0.15, 0.2) is 5.65 Å². The molecule has 5 heteroatoms. The fraction of sp³-hybridized carbons (Fsp3) is 0.667. The van der Waals surface area contributed by atoms with Crippen LogP contribution in [0.5, 0.6) is 0 Å². The molecule has 0 bridgehead atoms. The number of hydrogen-bond acceptors (Lipinski definition) is 4. The van der Waals surface area contributed by atoms with E-state index in [0.717, 1.165) is 30.0 Å². The maximum Gasteiger partial charge on any atom is 0.159 e. The molecule has 3 rings (SSSR count). The van der Waals surface area contributed by atoms with E-state index in [1.165, 1.54) is 25.9 Å². The lowest BCUT2D eigenvalue weighted by Gasteiger charge is -2.34. The molecule has 126 valence electrons. The van der Waals surface area contributed by atoms with Crippen LogP contribution in [0.3, 0.4) is 0 Å². The first-order valence-corrected chi connectivity index (χ1v) is 8.72. The van der Waals surface area contributed by atoms with Gasteiger partial charge in [-0.15, -0.1) is 0 Å². The van der Waals surface area contributed by atoms with Gasteiger partial charge in [0.2, 0.25) is 0 Å². The van der Waals surface area contributed by atoms with Crippen LogP contribution in [0, 0.1) is 5.92 Å². The lowest BCUT2D eigenvalue weighted by molar-refractivity contribution is 0.141. The highest BCUT2D eigenvalue weighted by molar-refractivity contribution is 5.71. The van der Waals surface area contributed by atoms with Gasteiger partial charge >= 0.3 is 0 Å². The van der Waals surface area contributed by atoms with Gasteiger partial charge in [-0.05, 0) is 57.8 Å². The zero-order valence-electron chi connectivity index (χ0n) is 14.5. The Bertz CT molecular complexity index is 629. The molecule has 0 saturated carbocycles. The largest absolute Gasteiger partial charge is 0.384 e. The summed E-state index contributed by atoms with van der Waals surface area (Å²) in [5, 5.41) is 0. The summed E-state index contributed by atoms with van der Waals surface area (Å²) in [5.74, 6) is 1.82. The van der Waals surface area contributed by atoms with E-state index in [9.17, 15) is 0 Å². The molecule has 3 heterocycles. The highest BCUT2D eigenvalue weighted by atomic mass is 16.5. The molecule has 1 aliphatic heterocycles. The van der Waals surface area contributed by atoms with Crippen molar-refractivity contribution >= 4 is 11.2 Å². The van der Waals surface area contributed by atoms with Gasteiger partial charge < -0.3 is 14.2 Å². The molecule has 0 radical (unpaired) electrons. The van der Waals surface area contributed by atoms with Crippen LogP contribution in [-0.2, 0) is 17.7 Å². The number of ether oxygens (including phenoxy) is 1. The Kier molecular flexibility index (Phi) is 5.28. The number of pyridine rings is 1. The van der Waals surface area contributed by atoms with E-state index in [0.29, 0.717) is 18.6 Å². The third-order valence-electron chi connectivity index (χ3n) is 4.93. The summed E-state index contributed by atoms with van der Waals surface area (Å²) in [6.45, 7) is 8.71. The maximum atomic E-state index is 5.25. The van der Waals surface area contributed by atoms with Gasteiger partial charge in [-0.3, -0.25) is 0 Å². The Labute approximate surface area is 138 Å². The average Bonchev–Trinajstić information content (AvgIpc) is 2.91. The summed E-state index contributed by atoms with van der Waals surface area (Å²) in [6.07, 6.45) is 5.22. The van der Waals surface area contributed by atoms with Crippen molar-refractivity contribution in [1.82, 2.24) is 19.4 Å². The van der Waals surface area contributed by atoms with Crippen LogP contribution in [-0.4, -0.2) is 52.3 Å². The van der Waals surface area contributed by atoms with Crippen LogP contribution in [0.1, 0.15) is 32.5 Å². The number of piperidine rings is 1. The molecule has 1 saturated heterocycles. The van der Waals surface area contributed by atoms with Gasteiger partial charge in [-0.25, -0.2) is 9.97 Å².